The van der Waals surface area contributed by atoms with Gasteiger partial charge in [0.2, 0.25) is 17.0 Å². The topological polar surface area (TPSA) is 66.9 Å². The number of rotatable bonds is 2. The summed E-state index contributed by atoms with van der Waals surface area (Å²) in [7, 11) is 0. The van der Waals surface area contributed by atoms with Crippen molar-refractivity contribution in [2.45, 2.75) is 18.1 Å². The van der Waals surface area contributed by atoms with E-state index in [2.05, 4.69) is 0 Å². The van der Waals surface area contributed by atoms with Gasteiger partial charge in [0.1, 0.15) is 0 Å². The van der Waals surface area contributed by atoms with Crippen LogP contribution in [0.25, 0.3) is 0 Å². The first kappa shape index (κ1) is 12.3. The molecule has 2 aliphatic rings. The van der Waals surface area contributed by atoms with Crippen LogP contribution in [0.4, 0.5) is 0 Å². The Morgan fingerprint density at radius 2 is 1.67 bits per heavy atom. The monoisotopic (exact) mass is 280 g/mol. The number of aliphatic carboxylic acids is 1. The zero-order valence-corrected chi connectivity index (χ0v) is 11.3. The Bertz CT molecular complexity index is 810. The number of Topliss-reactive ketones (excluding diaryl/α,β-unsaturated/α-hetero) is 1. The molecule has 2 aromatic carbocycles. The number of carbonyl (C=O) groups excluding carboxylic acids is 1. The third-order valence-corrected chi connectivity index (χ3v) is 4.46. The minimum atomic E-state index is -1.58. The molecule has 4 nitrogen and oxygen atoms in total. The number of epoxide rings is 1. The number of hydrogen-bond acceptors (Lipinski definition) is 3. The quantitative estimate of drug-likeness (QED) is 0.858. The Morgan fingerprint density at radius 3 is 2.33 bits per heavy atom. The molecule has 2 unspecified atom stereocenters. The van der Waals surface area contributed by atoms with Gasteiger partial charge in [0, 0.05) is 11.1 Å². The molecule has 0 saturated carbocycles. The summed E-state index contributed by atoms with van der Waals surface area (Å²) in [5, 5.41) is 9.72. The fourth-order valence-electron chi connectivity index (χ4n) is 3.48. The Morgan fingerprint density at radius 1 is 1.05 bits per heavy atom. The van der Waals surface area contributed by atoms with Crippen LogP contribution < -0.4 is 0 Å². The number of carbonyl (C=O) groups is 2. The van der Waals surface area contributed by atoms with Crippen LogP contribution in [-0.2, 0) is 20.7 Å². The van der Waals surface area contributed by atoms with Crippen molar-refractivity contribution in [3.63, 3.8) is 0 Å². The highest BCUT2D eigenvalue weighted by Crippen LogP contribution is 2.69. The molecule has 0 radical (unpaired) electrons. The highest BCUT2D eigenvalue weighted by Gasteiger charge is 2.85. The smallest absolute Gasteiger partial charge is 0.344 e. The number of benzene rings is 2. The predicted octanol–water partition coefficient (Wildman–Crippen LogP) is 2.40. The largest absolute Gasteiger partial charge is 0.479 e. The van der Waals surface area contributed by atoms with E-state index in [0.29, 0.717) is 16.7 Å². The van der Waals surface area contributed by atoms with Gasteiger partial charge in [-0.25, -0.2) is 4.79 Å². The Kier molecular flexibility index (Phi) is 2.10. The van der Waals surface area contributed by atoms with Crippen molar-refractivity contribution >= 4 is 11.8 Å². The van der Waals surface area contributed by atoms with Crippen LogP contribution in [0.1, 0.15) is 27.0 Å². The van der Waals surface area contributed by atoms with Gasteiger partial charge in [0.15, 0.2) is 0 Å². The molecule has 1 aliphatic carbocycles. The highest BCUT2D eigenvalue weighted by molar-refractivity contribution is 6.17. The van der Waals surface area contributed by atoms with Gasteiger partial charge in [-0.15, -0.1) is 0 Å². The summed E-state index contributed by atoms with van der Waals surface area (Å²) in [5.41, 5.74) is -0.615. The summed E-state index contributed by atoms with van der Waals surface area (Å²) >= 11 is 0. The van der Waals surface area contributed by atoms with Crippen molar-refractivity contribution in [2.75, 3.05) is 0 Å². The summed E-state index contributed by atoms with van der Waals surface area (Å²) in [4.78, 5) is 24.7. The van der Waals surface area contributed by atoms with Crippen LogP contribution in [0, 0.1) is 6.92 Å². The van der Waals surface area contributed by atoms with Crippen LogP contribution in [-0.4, -0.2) is 16.9 Å². The van der Waals surface area contributed by atoms with Crippen LogP contribution in [0.3, 0.4) is 0 Å². The number of ketones is 1. The summed E-state index contributed by atoms with van der Waals surface area (Å²) in [6, 6.07) is 14.1. The second kappa shape index (κ2) is 3.59. The first-order valence-electron chi connectivity index (χ1n) is 6.69. The molecule has 0 amide bonds. The van der Waals surface area contributed by atoms with E-state index in [-0.39, 0.29) is 5.78 Å². The van der Waals surface area contributed by atoms with Gasteiger partial charge in [-0.1, -0.05) is 48.5 Å². The first-order chi connectivity index (χ1) is 10.1. The Labute approximate surface area is 121 Å². The van der Waals surface area contributed by atoms with Gasteiger partial charge in [-0.2, -0.15) is 0 Å². The average molecular weight is 280 g/mol. The highest BCUT2D eigenvalue weighted by atomic mass is 16.7. The molecular formula is C17H12O4. The zero-order chi connectivity index (χ0) is 14.8. The Balaban J connectivity index is 2.04. The number of ether oxygens (including phenoxy) is 1. The zero-order valence-electron chi connectivity index (χ0n) is 11.3. The van der Waals surface area contributed by atoms with E-state index in [0.717, 1.165) is 5.56 Å². The summed E-state index contributed by atoms with van der Waals surface area (Å²) in [5.74, 6) is -1.39. The molecule has 1 saturated heterocycles. The third-order valence-electron chi connectivity index (χ3n) is 4.46. The predicted molar refractivity (Wildman–Crippen MR) is 74.0 cm³/mol. The molecular weight excluding hydrogens is 268 g/mol. The Hall–Kier alpha value is -2.46. The van der Waals surface area contributed by atoms with Crippen LogP contribution in [0.2, 0.25) is 0 Å². The second-order valence-corrected chi connectivity index (χ2v) is 5.46. The van der Waals surface area contributed by atoms with Crippen LogP contribution in [0.5, 0.6) is 0 Å². The lowest BCUT2D eigenvalue weighted by molar-refractivity contribution is -0.143. The van der Waals surface area contributed by atoms with Crippen molar-refractivity contribution < 1.29 is 19.4 Å². The maximum Gasteiger partial charge on any atom is 0.344 e. The van der Waals surface area contributed by atoms with E-state index in [1.54, 1.807) is 36.4 Å². The van der Waals surface area contributed by atoms with Crippen molar-refractivity contribution in [3.8, 4) is 0 Å². The molecule has 21 heavy (non-hydrogen) atoms. The average Bonchev–Trinajstić information content (AvgIpc) is 3.14. The number of fused-ring (bicyclic) bond motifs is 3. The lowest BCUT2D eigenvalue weighted by Gasteiger charge is -2.12. The maximum atomic E-state index is 12.8. The van der Waals surface area contributed by atoms with E-state index in [1.165, 1.54) is 0 Å². The van der Waals surface area contributed by atoms with Crippen molar-refractivity contribution in [3.05, 3.63) is 70.8 Å². The van der Waals surface area contributed by atoms with Gasteiger partial charge in [0.25, 0.3) is 0 Å². The molecule has 4 rings (SSSR count). The van der Waals surface area contributed by atoms with Crippen LogP contribution in [0.15, 0.2) is 48.5 Å². The van der Waals surface area contributed by atoms with E-state index >= 15 is 0 Å². The van der Waals surface area contributed by atoms with Crippen molar-refractivity contribution in [2.24, 2.45) is 0 Å². The summed E-state index contributed by atoms with van der Waals surface area (Å²) in [6.07, 6.45) is 0. The fraction of sp³-hybridized carbons (Fsp3) is 0.176. The third kappa shape index (κ3) is 1.16. The molecule has 104 valence electrons. The van der Waals surface area contributed by atoms with E-state index < -0.39 is 17.2 Å². The first-order valence-corrected chi connectivity index (χ1v) is 6.69. The fourth-order valence-corrected chi connectivity index (χ4v) is 3.48. The molecule has 0 aromatic heterocycles. The van der Waals surface area contributed by atoms with E-state index in [4.69, 9.17) is 4.74 Å². The normalized spacial score (nSPS) is 28.9. The molecule has 4 heteroatoms. The number of aryl methyl sites for hydroxylation is 1. The summed E-state index contributed by atoms with van der Waals surface area (Å²) < 4.78 is 5.65. The molecule has 2 atom stereocenters. The maximum absolute atomic E-state index is 12.8. The molecule has 1 N–H and O–H groups in total. The molecule has 0 bridgehead atoms. The van der Waals surface area contributed by atoms with Gasteiger partial charge < -0.3 is 9.84 Å². The minimum absolute atomic E-state index is 0.269. The van der Waals surface area contributed by atoms with Crippen LogP contribution >= 0.6 is 0 Å². The molecule has 1 heterocycles. The lowest BCUT2D eigenvalue weighted by atomic mass is 9.84. The molecule has 1 aliphatic heterocycles. The molecule has 2 aromatic rings. The van der Waals surface area contributed by atoms with Crippen molar-refractivity contribution in [1.82, 2.24) is 0 Å². The van der Waals surface area contributed by atoms with Crippen molar-refractivity contribution in [1.29, 1.82) is 0 Å². The molecule has 0 spiro atoms. The van der Waals surface area contributed by atoms with Gasteiger partial charge in [-0.05, 0) is 18.1 Å². The van der Waals surface area contributed by atoms with Gasteiger partial charge in [-0.3, -0.25) is 4.79 Å². The minimum Gasteiger partial charge on any atom is -0.479 e. The lowest BCUT2D eigenvalue weighted by Crippen LogP contribution is -2.30. The molecule has 1 fully saturated rings. The SMILES string of the molecule is Cc1ccccc1C12OC1(C(=O)O)c1ccccc1C2=O. The van der Waals surface area contributed by atoms with Gasteiger partial charge in [0.05, 0.1) is 0 Å². The van der Waals surface area contributed by atoms with E-state index in [9.17, 15) is 14.7 Å². The second-order valence-electron chi connectivity index (χ2n) is 5.46. The van der Waals surface area contributed by atoms with Gasteiger partial charge >= 0.3 is 5.97 Å². The number of carboxylic acids is 1. The number of hydrogen-bond donors (Lipinski definition) is 1. The van der Waals surface area contributed by atoms with E-state index in [1.807, 2.05) is 19.1 Å². The standard InChI is InChI=1S/C17H12O4/c1-10-6-2-4-8-12(10)16-14(18)11-7-3-5-9-13(11)17(16,21-16)15(19)20/h2-9H,1H3,(H,19,20). The number of carboxylic acid groups (broad SMARTS) is 1. The summed E-state index contributed by atoms with van der Waals surface area (Å²) in [6.45, 7) is 1.86.